The molecule has 0 spiro atoms. The maximum absolute atomic E-state index is 13.4. The molecule has 2 atom stereocenters. The normalized spacial score (nSPS) is 17.7. The molecule has 0 N–H and O–H groups in total. The van der Waals surface area contributed by atoms with Gasteiger partial charge in [0.1, 0.15) is 0 Å². The fraction of sp³-hybridized carbons (Fsp3) is 0.333. The Bertz CT molecular complexity index is 1150. The SMILES string of the molecule is CN(C)Cc1ccc(C(=O)N2C[C@@H](CCOc3ccc(Cl)cn3)[C@@H](c3ccc(Cl)c(Cl)c3)C2)cc1. The van der Waals surface area contributed by atoms with E-state index >= 15 is 0 Å². The van der Waals surface area contributed by atoms with Crippen LogP contribution in [-0.4, -0.2) is 54.5 Å². The molecule has 2 aromatic carbocycles. The molecule has 1 amide bonds. The summed E-state index contributed by atoms with van der Waals surface area (Å²) < 4.78 is 5.85. The Morgan fingerprint density at radius 2 is 1.80 bits per heavy atom. The first-order valence-electron chi connectivity index (χ1n) is 11.5. The molecule has 35 heavy (non-hydrogen) atoms. The Morgan fingerprint density at radius 1 is 1.03 bits per heavy atom. The van der Waals surface area contributed by atoms with E-state index in [0.717, 1.165) is 18.5 Å². The van der Waals surface area contributed by atoms with Crippen LogP contribution < -0.4 is 4.74 Å². The van der Waals surface area contributed by atoms with Gasteiger partial charge in [-0.05, 0) is 67.9 Å². The van der Waals surface area contributed by atoms with Crippen molar-refractivity contribution in [3.8, 4) is 5.88 Å². The summed E-state index contributed by atoms with van der Waals surface area (Å²) in [5.74, 6) is 0.901. The average molecular weight is 533 g/mol. The Labute approximate surface area is 221 Å². The summed E-state index contributed by atoms with van der Waals surface area (Å²) in [5, 5.41) is 1.61. The van der Waals surface area contributed by atoms with Gasteiger partial charge in [0, 0.05) is 43.4 Å². The number of carbonyl (C=O) groups excluding carboxylic acids is 1. The van der Waals surface area contributed by atoms with Crippen molar-refractivity contribution in [2.24, 2.45) is 5.92 Å². The molecule has 1 saturated heterocycles. The van der Waals surface area contributed by atoms with Gasteiger partial charge in [-0.25, -0.2) is 4.98 Å². The molecule has 5 nitrogen and oxygen atoms in total. The van der Waals surface area contributed by atoms with Gasteiger partial charge in [-0.3, -0.25) is 4.79 Å². The van der Waals surface area contributed by atoms with Gasteiger partial charge in [0.05, 0.1) is 21.7 Å². The van der Waals surface area contributed by atoms with E-state index in [1.165, 1.54) is 5.56 Å². The van der Waals surface area contributed by atoms with E-state index in [1.807, 2.05) is 61.5 Å². The Hall–Kier alpha value is -2.31. The molecule has 0 radical (unpaired) electrons. The lowest BCUT2D eigenvalue weighted by atomic mass is 9.87. The highest BCUT2D eigenvalue weighted by atomic mass is 35.5. The minimum Gasteiger partial charge on any atom is -0.478 e. The third-order valence-electron chi connectivity index (χ3n) is 6.24. The van der Waals surface area contributed by atoms with Gasteiger partial charge in [0.15, 0.2) is 0 Å². The van der Waals surface area contributed by atoms with Crippen LogP contribution in [0.1, 0.15) is 33.8 Å². The fourth-order valence-electron chi connectivity index (χ4n) is 4.51. The molecule has 1 fully saturated rings. The maximum atomic E-state index is 13.4. The van der Waals surface area contributed by atoms with Crippen LogP contribution in [0.5, 0.6) is 5.88 Å². The van der Waals surface area contributed by atoms with Crippen molar-refractivity contribution < 1.29 is 9.53 Å². The number of nitrogens with zero attached hydrogens (tertiary/aromatic N) is 3. The Kier molecular flexibility index (Phi) is 8.55. The lowest BCUT2D eigenvalue weighted by Crippen LogP contribution is -2.29. The summed E-state index contributed by atoms with van der Waals surface area (Å²) in [6.45, 7) is 2.57. The summed E-state index contributed by atoms with van der Waals surface area (Å²) in [7, 11) is 4.05. The third kappa shape index (κ3) is 6.68. The van der Waals surface area contributed by atoms with Gasteiger partial charge >= 0.3 is 0 Å². The first-order chi connectivity index (χ1) is 16.8. The van der Waals surface area contributed by atoms with Crippen molar-refractivity contribution in [3.05, 3.63) is 92.6 Å². The number of carbonyl (C=O) groups is 1. The largest absolute Gasteiger partial charge is 0.478 e. The molecule has 8 heteroatoms. The van der Waals surface area contributed by atoms with Gasteiger partial charge in [-0.15, -0.1) is 0 Å². The molecule has 4 rings (SSSR count). The van der Waals surface area contributed by atoms with Crippen LogP contribution in [0.3, 0.4) is 0 Å². The number of aromatic nitrogens is 1. The second-order valence-corrected chi connectivity index (χ2v) is 10.4. The average Bonchev–Trinajstić information content (AvgIpc) is 3.26. The van der Waals surface area contributed by atoms with Crippen molar-refractivity contribution in [3.63, 3.8) is 0 Å². The molecule has 0 saturated carbocycles. The second-order valence-electron chi connectivity index (χ2n) is 9.14. The summed E-state index contributed by atoms with van der Waals surface area (Å²) in [6.07, 6.45) is 2.33. The molecule has 3 aromatic rings. The van der Waals surface area contributed by atoms with Gasteiger partial charge in [0.25, 0.3) is 5.91 Å². The number of halogens is 3. The number of rotatable bonds is 8. The van der Waals surface area contributed by atoms with E-state index < -0.39 is 0 Å². The van der Waals surface area contributed by atoms with Gasteiger partial charge < -0.3 is 14.5 Å². The summed E-state index contributed by atoms with van der Waals surface area (Å²) in [6, 6.07) is 17.1. The molecule has 1 aromatic heterocycles. The maximum Gasteiger partial charge on any atom is 0.253 e. The smallest absolute Gasteiger partial charge is 0.253 e. The third-order valence-corrected chi connectivity index (χ3v) is 7.20. The minimum atomic E-state index is 0.0363. The van der Waals surface area contributed by atoms with Crippen molar-refractivity contribution in [2.75, 3.05) is 33.8 Å². The summed E-state index contributed by atoms with van der Waals surface area (Å²) in [5.41, 5.74) is 2.95. The van der Waals surface area contributed by atoms with Crippen molar-refractivity contribution in [2.45, 2.75) is 18.9 Å². The molecule has 0 aliphatic carbocycles. The molecule has 2 heterocycles. The zero-order valence-corrected chi connectivity index (χ0v) is 22.0. The van der Waals surface area contributed by atoms with Crippen LogP contribution in [0.2, 0.25) is 15.1 Å². The summed E-state index contributed by atoms with van der Waals surface area (Å²) >= 11 is 18.4. The van der Waals surface area contributed by atoms with E-state index in [2.05, 4.69) is 9.88 Å². The van der Waals surface area contributed by atoms with Crippen LogP contribution in [0.15, 0.2) is 60.8 Å². The van der Waals surface area contributed by atoms with Crippen LogP contribution in [0.25, 0.3) is 0 Å². The highest BCUT2D eigenvalue weighted by Gasteiger charge is 2.36. The van der Waals surface area contributed by atoms with E-state index in [0.29, 0.717) is 46.2 Å². The Balaban J connectivity index is 1.48. The van der Waals surface area contributed by atoms with Crippen LogP contribution >= 0.6 is 34.8 Å². The van der Waals surface area contributed by atoms with Crippen LogP contribution in [-0.2, 0) is 6.54 Å². The second kappa shape index (κ2) is 11.6. The van der Waals surface area contributed by atoms with Gasteiger partial charge in [0.2, 0.25) is 5.88 Å². The van der Waals surface area contributed by atoms with Crippen molar-refractivity contribution in [1.82, 2.24) is 14.8 Å². The Morgan fingerprint density at radius 3 is 2.46 bits per heavy atom. The highest BCUT2D eigenvalue weighted by molar-refractivity contribution is 6.42. The molecule has 1 aliphatic heterocycles. The number of hydrogen-bond acceptors (Lipinski definition) is 4. The number of hydrogen-bond donors (Lipinski definition) is 0. The number of ether oxygens (including phenoxy) is 1. The topological polar surface area (TPSA) is 45.7 Å². The number of likely N-dealkylation sites (tertiary alicyclic amines) is 1. The molecular formula is C27H28Cl3N3O2. The van der Waals surface area contributed by atoms with Crippen LogP contribution in [0.4, 0.5) is 0 Å². The monoisotopic (exact) mass is 531 g/mol. The van der Waals surface area contributed by atoms with Gasteiger partial charge in [-0.1, -0.05) is 53.0 Å². The molecule has 1 aliphatic rings. The predicted molar refractivity (Wildman–Crippen MR) is 142 cm³/mol. The number of pyridine rings is 1. The van der Waals surface area contributed by atoms with E-state index in [9.17, 15) is 4.79 Å². The number of benzene rings is 2. The standard InChI is InChI=1S/C27H28Cl3N3O2/c1-32(2)15-18-3-5-19(6-4-18)27(34)33-16-21(11-12-35-26-10-8-22(28)14-31-26)23(17-33)20-7-9-24(29)25(30)13-20/h3-10,13-14,21,23H,11-12,15-17H2,1-2H3/t21-,23-/m1/s1. The molecule has 184 valence electrons. The lowest BCUT2D eigenvalue weighted by Gasteiger charge is -2.19. The van der Waals surface area contributed by atoms with E-state index in [4.69, 9.17) is 39.5 Å². The first kappa shape index (κ1) is 25.8. The zero-order chi connectivity index (χ0) is 24.9. The fourth-order valence-corrected chi connectivity index (χ4v) is 4.93. The number of amides is 1. The van der Waals surface area contributed by atoms with E-state index in [1.54, 1.807) is 18.3 Å². The molecule has 0 bridgehead atoms. The zero-order valence-electron chi connectivity index (χ0n) is 19.8. The molecule has 0 unspecified atom stereocenters. The predicted octanol–water partition coefficient (Wildman–Crippen LogP) is 6.43. The van der Waals surface area contributed by atoms with Gasteiger partial charge in [-0.2, -0.15) is 0 Å². The highest BCUT2D eigenvalue weighted by Crippen LogP contribution is 2.38. The quantitative estimate of drug-likeness (QED) is 0.335. The summed E-state index contributed by atoms with van der Waals surface area (Å²) in [4.78, 5) is 21.6. The van der Waals surface area contributed by atoms with Crippen molar-refractivity contribution >= 4 is 40.7 Å². The van der Waals surface area contributed by atoms with Crippen molar-refractivity contribution in [1.29, 1.82) is 0 Å². The lowest BCUT2D eigenvalue weighted by molar-refractivity contribution is 0.0784. The van der Waals surface area contributed by atoms with Crippen LogP contribution in [0, 0.1) is 5.92 Å². The minimum absolute atomic E-state index is 0.0363. The molecular weight excluding hydrogens is 505 g/mol. The first-order valence-corrected chi connectivity index (χ1v) is 12.7. The van der Waals surface area contributed by atoms with E-state index in [-0.39, 0.29) is 17.7 Å².